The first kappa shape index (κ1) is 49.7. The first-order valence-corrected chi connectivity index (χ1v) is 30.7. The highest BCUT2D eigenvalue weighted by Gasteiger charge is 2.52. The zero-order valence-corrected chi connectivity index (χ0v) is 49.4. The fraction of sp³-hybridized carbons (Fsp3) is 0.0602. The molecule has 6 heteroatoms. The van der Waals surface area contributed by atoms with Crippen molar-refractivity contribution in [3.05, 3.63) is 305 Å². The van der Waals surface area contributed by atoms with E-state index >= 15 is 0 Å². The van der Waals surface area contributed by atoms with Gasteiger partial charge in [0.15, 0.2) is 0 Å². The molecule has 6 nitrogen and oxygen atoms in total. The van der Waals surface area contributed by atoms with Crippen molar-refractivity contribution in [2.24, 2.45) is 0 Å². The second-order valence-electron chi connectivity index (χ2n) is 24.8. The fourth-order valence-corrected chi connectivity index (χ4v) is 16.4. The first-order chi connectivity index (χ1) is 43.8. The van der Waals surface area contributed by atoms with E-state index in [-0.39, 0.29) is 0 Å². The Balaban J connectivity index is 1.14. The maximum atomic E-state index is 13.3. The molecule has 89 heavy (non-hydrogen) atoms. The Labute approximate surface area is 513 Å². The molecule has 19 rings (SSSR count). The van der Waals surface area contributed by atoms with Crippen molar-refractivity contribution in [1.29, 1.82) is 5.26 Å². The van der Waals surface area contributed by atoms with Crippen LogP contribution in [0.3, 0.4) is 0 Å². The number of hydrogen-bond acceptors (Lipinski definition) is 2. The van der Waals surface area contributed by atoms with Gasteiger partial charge < -0.3 is 18.3 Å². The second-order valence-corrected chi connectivity index (χ2v) is 24.8. The number of aromatic nitrogens is 5. The minimum atomic E-state index is -0.717. The number of aryl methyl sites for hydroxylation is 4. The van der Waals surface area contributed by atoms with E-state index in [2.05, 4.69) is 301 Å². The van der Waals surface area contributed by atoms with Gasteiger partial charge in [-0.2, -0.15) is 5.26 Å². The quantitative estimate of drug-likeness (QED) is 0.172. The van der Waals surface area contributed by atoms with E-state index in [0.717, 1.165) is 132 Å². The third-order valence-corrected chi connectivity index (χ3v) is 19.9. The number of fused-ring (bicyclic) bond motifs is 22. The van der Waals surface area contributed by atoms with E-state index in [0.29, 0.717) is 5.56 Å². The molecule has 1 atom stereocenters. The van der Waals surface area contributed by atoms with Crippen molar-refractivity contribution in [2.45, 2.75) is 33.1 Å². The average molecular weight is 1140 g/mol. The van der Waals surface area contributed by atoms with Gasteiger partial charge in [-0.25, -0.2) is 0 Å². The van der Waals surface area contributed by atoms with E-state index < -0.39 is 5.41 Å². The molecule has 1 spiro atoms. The molecular weight excluding hydrogens is 1080 g/mol. The predicted octanol–water partition coefficient (Wildman–Crippen LogP) is 20.6. The van der Waals surface area contributed by atoms with Crippen LogP contribution in [0.1, 0.15) is 50.1 Å². The number of hydrogen-bond donors (Lipinski definition) is 0. The van der Waals surface area contributed by atoms with Gasteiger partial charge in [0, 0.05) is 61.0 Å². The third kappa shape index (κ3) is 6.45. The molecule has 0 saturated carbocycles. The van der Waals surface area contributed by atoms with Crippen LogP contribution in [0.15, 0.2) is 255 Å². The van der Waals surface area contributed by atoms with Gasteiger partial charge in [-0.1, -0.05) is 180 Å². The Kier molecular flexibility index (Phi) is 10.1. The summed E-state index contributed by atoms with van der Waals surface area (Å²) in [5.41, 5.74) is 27.7. The van der Waals surface area contributed by atoms with Gasteiger partial charge in [0.2, 0.25) is 0 Å². The second kappa shape index (κ2) is 18.0. The lowest BCUT2D eigenvalue weighted by Crippen LogP contribution is -2.26. The minimum absolute atomic E-state index is 0.538. The van der Waals surface area contributed by atoms with Gasteiger partial charge in [0.25, 0.3) is 0 Å². The van der Waals surface area contributed by atoms with Crippen LogP contribution in [0.5, 0.6) is 0 Å². The smallest absolute Gasteiger partial charge is 0.104 e. The Morgan fingerprint density at radius 1 is 0.315 bits per heavy atom. The average Bonchev–Trinajstić information content (AvgIpc) is 1.57. The summed E-state index contributed by atoms with van der Waals surface area (Å²) < 4.78 is 9.92. The maximum absolute atomic E-state index is 13.3. The Bertz CT molecular complexity index is 5740. The van der Waals surface area contributed by atoms with E-state index in [1.807, 2.05) is 6.20 Å². The summed E-state index contributed by atoms with van der Waals surface area (Å²) in [7, 11) is 0. The lowest BCUT2D eigenvalue weighted by Gasteiger charge is -2.31. The fourth-order valence-electron chi connectivity index (χ4n) is 16.4. The molecule has 0 saturated heterocycles. The SMILES string of the molecule is Cc1ccc2c(c1)c1ccccc1n2-c1c(C#N)c(-n2c3ccccc3c3cc(C)ccc32)c(-n2c3ccccc3c3cc(C)ccc32)c(-c2ccc3c(c2)C2(c4ccccc4-c4ccncc42)c2ccccc2-3)c1-n1c2ccccc2c2cc(C)ccc21. The van der Waals surface area contributed by atoms with Crippen LogP contribution < -0.4 is 0 Å². The lowest BCUT2D eigenvalue weighted by molar-refractivity contribution is 0.788. The molecule has 17 aromatic rings. The number of nitrogens with zero attached hydrogens (tertiary/aromatic N) is 6. The Morgan fingerprint density at radius 3 is 1.08 bits per heavy atom. The van der Waals surface area contributed by atoms with Gasteiger partial charge >= 0.3 is 0 Å². The van der Waals surface area contributed by atoms with Crippen molar-refractivity contribution in [2.75, 3.05) is 0 Å². The number of nitriles is 1. The standard InChI is InChI=1S/C83H54N6/c1-48-29-35-74-61(41-48)57-19-7-13-25-70(57)86(74)79-65(46-84)80(87-71-26-14-8-20-58(71)62-42-49(2)30-36-75(62)87)82(89-73-28-16-10-22-60(73)64-44-51(4)32-38-77(64)89)78(81(79)88-72-27-15-9-21-59(72)63-43-50(3)31-37-76(63)88)52-33-34-55-53-17-5-11-23-66(53)83(68(55)45-52)67-24-12-6-18-54(67)56-39-40-85-47-69(56)83/h5-45,47H,1-4H3. The summed E-state index contributed by atoms with van der Waals surface area (Å²) in [6.45, 7) is 8.73. The van der Waals surface area contributed by atoms with Crippen LogP contribution in [0.2, 0.25) is 0 Å². The van der Waals surface area contributed by atoms with Crippen molar-refractivity contribution < 1.29 is 0 Å². The molecular formula is C83H54N6. The molecule has 5 heterocycles. The van der Waals surface area contributed by atoms with Crippen LogP contribution in [-0.2, 0) is 5.41 Å². The van der Waals surface area contributed by atoms with Crippen molar-refractivity contribution >= 4 is 87.2 Å². The molecule has 0 N–H and O–H groups in total. The van der Waals surface area contributed by atoms with Gasteiger partial charge in [-0.05, 0) is 163 Å². The van der Waals surface area contributed by atoms with Crippen molar-refractivity contribution in [1.82, 2.24) is 23.3 Å². The zero-order valence-electron chi connectivity index (χ0n) is 49.4. The number of pyridine rings is 1. The van der Waals surface area contributed by atoms with Crippen LogP contribution in [-0.4, -0.2) is 23.3 Å². The van der Waals surface area contributed by atoms with Gasteiger partial charge in [0.05, 0.1) is 72.3 Å². The molecule has 2 aliphatic rings. The highest BCUT2D eigenvalue weighted by Crippen LogP contribution is 2.64. The summed E-state index contributed by atoms with van der Waals surface area (Å²) in [4.78, 5) is 4.98. The largest absolute Gasteiger partial charge is 0.306 e. The number of para-hydroxylation sites is 4. The van der Waals surface area contributed by atoms with Gasteiger partial charge in [-0.3, -0.25) is 4.98 Å². The molecule has 12 aromatic carbocycles. The number of benzene rings is 12. The summed E-state index contributed by atoms with van der Waals surface area (Å²) in [5.74, 6) is 0. The maximum Gasteiger partial charge on any atom is 0.104 e. The highest BCUT2D eigenvalue weighted by atomic mass is 15.1. The molecule has 0 radical (unpaired) electrons. The molecule has 0 bridgehead atoms. The molecule has 5 aromatic heterocycles. The monoisotopic (exact) mass is 1130 g/mol. The Hall–Kier alpha value is -11.5. The normalized spacial score (nSPS) is 14.1. The van der Waals surface area contributed by atoms with E-state index in [9.17, 15) is 5.26 Å². The highest BCUT2D eigenvalue weighted by molar-refractivity contribution is 6.18. The molecule has 0 amide bonds. The zero-order chi connectivity index (χ0) is 59.1. The van der Waals surface area contributed by atoms with Crippen LogP contribution >= 0.6 is 0 Å². The molecule has 2 aliphatic carbocycles. The van der Waals surface area contributed by atoms with Gasteiger partial charge in [-0.15, -0.1) is 0 Å². The summed E-state index contributed by atoms with van der Waals surface area (Å²) in [6, 6.07) is 93.5. The van der Waals surface area contributed by atoms with Crippen LogP contribution in [0.4, 0.5) is 0 Å². The molecule has 1 unspecified atom stereocenters. The first-order valence-electron chi connectivity index (χ1n) is 30.7. The topological polar surface area (TPSA) is 56.4 Å². The number of rotatable bonds is 5. The lowest BCUT2D eigenvalue weighted by atomic mass is 9.70. The Morgan fingerprint density at radius 2 is 0.663 bits per heavy atom. The van der Waals surface area contributed by atoms with Crippen molar-refractivity contribution in [3.8, 4) is 62.2 Å². The van der Waals surface area contributed by atoms with Crippen LogP contribution in [0, 0.1) is 39.0 Å². The third-order valence-electron chi connectivity index (χ3n) is 19.9. The van der Waals surface area contributed by atoms with Crippen LogP contribution in [0.25, 0.3) is 143 Å². The van der Waals surface area contributed by atoms with Gasteiger partial charge in [0.1, 0.15) is 11.6 Å². The van der Waals surface area contributed by atoms with Crippen molar-refractivity contribution in [3.63, 3.8) is 0 Å². The molecule has 0 fully saturated rings. The van der Waals surface area contributed by atoms with E-state index in [4.69, 9.17) is 4.98 Å². The van der Waals surface area contributed by atoms with E-state index in [1.54, 1.807) is 0 Å². The summed E-state index contributed by atoms with van der Waals surface area (Å²) in [5, 5.41) is 22.3. The van der Waals surface area contributed by atoms with E-state index in [1.165, 1.54) is 55.6 Å². The molecule has 416 valence electrons. The summed E-state index contributed by atoms with van der Waals surface area (Å²) >= 11 is 0. The molecule has 0 aliphatic heterocycles. The minimum Gasteiger partial charge on any atom is -0.306 e. The summed E-state index contributed by atoms with van der Waals surface area (Å²) in [6.07, 6.45) is 4.06. The predicted molar refractivity (Wildman–Crippen MR) is 367 cm³/mol.